The zero-order valence-corrected chi connectivity index (χ0v) is 10.3. The van der Waals surface area contributed by atoms with Crippen LogP contribution >= 0.6 is 22.7 Å². The van der Waals surface area contributed by atoms with Crippen molar-refractivity contribution in [1.82, 2.24) is 0 Å². The van der Waals surface area contributed by atoms with Gasteiger partial charge in [-0.1, -0.05) is 0 Å². The Kier molecular flexibility index (Phi) is 3.54. The summed E-state index contributed by atoms with van der Waals surface area (Å²) in [6.45, 7) is 0. The van der Waals surface area contributed by atoms with Crippen LogP contribution in [0.5, 0.6) is 0 Å². The Hall–Kier alpha value is -1.39. The quantitative estimate of drug-likeness (QED) is 0.614. The minimum Gasteiger partial charge on any atom is -0.466 e. The highest BCUT2D eigenvalue weighted by atomic mass is 32.1. The summed E-state index contributed by atoms with van der Waals surface area (Å²) in [5, 5.41) is 4.17. The van der Waals surface area contributed by atoms with Gasteiger partial charge in [0.15, 0.2) is 0 Å². The summed E-state index contributed by atoms with van der Waals surface area (Å²) < 4.78 is 4.53. The molecule has 2 nitrogen and oxygen atoms in total. The largest absolute Gasteiger partial charge is 0.466 e. The maximum Gasteiger partial charge on any atom is 0.330 e. The van der Waals surface area contributed by atoms with Gasteiger partial charge in [-0.15, -0.1) is 11.3 Å². The zero-order valence-electron chi connectivity index (χ0n) is 8.67. The molecule has 2 heterocycles. The van der Waals surface area contributed by atoms with E-state index in [-0.39, 0.29) is 5.97 Å². The minimum absolute atomic E-state index is 0.328. The number of hydrogen-bond acceptors (Lipinski definition) is 4. The first kappa shape index (κ1) is 11.1. The Morgan fingerprint density at radius 1 is 1.38 bits per heavy atom. The topological polar surface area (TPSA) is 26.3 Å². The Bertz CT molecular complexity index is 495. The molecule has 2 aromatic rings. The van der Waals surface area contributed by atoms with Crippen LogP contribution in [-0.4, -0.2) is 13.1 Å². The minimum atomic E-state index is -0.328. The van der Waals surface area contributed by atoms with E-state index in [1.165, 1.54) is 23.6 Å². The van der Waals surface area contributed by atoms with Gasteiger partial charge in [0.2, 0.25) is 0 Å². The van der Waals surface area contributed by atoms with Crippen LogP contribution in [0.1, 0.15) is 4.88 Å². The summed E-state index contributed by atoms with van der Waals surface area (Å²) in [5.41, 5.74) is 1.23. The average molecular weight is 250 g/mol. The molecule has 0 aromatic carbocycles. The summed E-state index contributed by atoms with van der Waals surface area (Å²) in [7, 11) is 1.37. The molecule has 0 saturated carbocycles. The standard InChI is InChI=1S/C12H10O2S2/c1-14-12(13)5-3-10-2-4-11(16-10)9-6-7-15-8-9/h2-8H,1H3/b5-3+. The molecule has 0 amide bonds. The van der Waals surface area contributed by atoms with E-state index in [1.807, 2.05) is 6.07 Å². The van der Waals surface area contributed by atoms with Crippen molar-refractivity contribution in [2.75, 3.05) is 7.11 Å². The number of carbonyl (C=O) groups is 1. The summed E-state index contributed by atoms with van der Waals surface area (Å²) in [6.07, 6.45) is 3.20. The van der Waals surface area contributed by atoms with E-state index in [0.29, 0.717) is 0 Å². The molecule has 2 rings (SSSR count). The summed E-state index contributed by atoms with van der Waals surface area (Å²) in [5.74, 6) is -0.328. The molecule has 0 unspecified atom stereocenters. The number of rotatable bonds is 3. The maximum absolute atomic E-state index is 10.9. The van der Waals surface area contributed by atoms with Gasteiger partial charge in [-0.3, -0.25) is 0 Å². The molecule has 2 aromatic heterocycles. The molecule has 0 spiro atoms. The highest BCUT2D eigenvalue weighted by molar-refractivity contribution is 7.16. The van der Waals surface area contributed by atoms with Crippen molar-refractivity contribution < 1.29 is 9.53 Å². The molecular weight excluding hydrogens is 240 g/mol. The summed E-state index contributed by atoms with van der Waals surface area (Å²) in [6, 6.07) is 6.14. The number of thiophene rings is 2. The molecule has 0 fully saturated rings. The van der Waals surface area contributed by atoms with Crippen LogP contribution in [0.2, 0.25) is 0 Å². The Morgan fingerprint density at radius 2 is 2.25 bits per heavy atom. The van der Waals surface area contributed by atoms with Gasteiger partial charge in [0, 0.05) is 21.4 Å². The fraction of sp³-hybridized carbons (Fsp3) is 0.0833. The van der Waals surface area contributed by atoms with Crippen LogP contribution in [0.3, 0.4) is 0 Å². The van der Waals surface area contributed by atoms with Crippen LogP contribution < -0.4 is 0 Å². The van der Waals surface area contributed by atoms with Gasteiger partial charge in [-0.05, 0) is 35.0 Å². The van der Waals surface area contributed by atoms with E-state index in [0.717, 1.165) is 4.88 Å². The molecular formula is C12H10O2S2. The van der Waals surface area contributed by atoms with Crippen LogP contribution in [0.15, 0.2) is 35.0 Å². The first-order valence-corrected chi connectivity index (χ1v) is 6.44. The van der Waals surface area contributed by atoms with Gasteiger partial charge >= 0.3 is 5.97 Å². The predicted molar refractivity (Wildman–Crippen MR) is 68.7 cm³/mol. The Morgan fingerprint density at radius 3 is 2.94 bits per heavy atom. The van der Waals surface area contributed by atoms with Gasteiger partial charge in [-0.2, -0.15) is 11.3 Å². The lowest BCUT2D eigenvalue weighted by atomic mass is 10.3. The summed E-state index contributed by atoms with van der Waals surface area (Å²) >= 11 is 3.34. The molecule has 0 aliphatic rings. The van der Waals surface area contributed by atoms with Crippen LogP contribution in [0, 0.1) is 0 Å². The Labute approximate surface area is 102 Å². The number of carbonyl (C=O) groups excluding carboxylic acids is 1. The first-order chi connectivity index (χ1) is 7.79. The van der Waals surface area contributed by atoms with Gasteiger partial charge < -0.3 is 4.74 Å². The molecule has 4 heteroatoms. The number of ether oxygens (including phenoxy) is 1. The van der Waals surface area contributed by atoms with E-state index in [1.54, 1.807) is 28.7 Å². The molecule has 0 aliphatic carbocycles. The number of hydrogen-bond donors (Lipinski definition) is 0. The molecule has 82 valence electrons. The third-order valence-electron chi connectivity index (χ3n) is 2.02. The first-order valence-electron chi connectivity index (χ1n) is 4.68. The van der Waals surface area contributed by atoms with Crippen molar-refractivity contribution in [2.24, 2.45) is 0 Å². The Balaban J connectivity index is 2.14. The van der Waals surface area contributed by atoms with Crippen molar-refractivity contribution in [1.29, 1.82) is 0 Å². The lowest BCUT2D eigenvalue weighted by molar-refractivity contribution is -0.134. The SMILES string of the molecule is COC(=O)/C=C/c1ccc(-c2ccsc2)s1. The number of esters is 1. The summed E-state index contributed by atoms with van der Waals surface area (Å²) in [4.78, 5) is 13.2. The van der Waals surface area contributed by atoms with Crippen LogP contribution in [0.4, 0.5) is 0 Å². The van der Waals surface area contributed by atoms with E-state index >= 15 is 0 Å². The second kappa shape index (κ2) is 5.09. The van der Waals surface area contributed by atoms with Gasteiger partial charge in [0.1, 0.15) is 0 Å². The van der Waals surface area contributed by atoms with E-state index in [9.17, 15) is 4.79 Å². The van der Waals surface area contributed by atoms with Crippen molar-refractivity contribution in [3.63, 3.8) is 0 Å². The third kappa shape index (κ3) is 2.59. The lowest BCUT2D eigenvalue weighted by Crippen LogP contribution is -1.92. The fourth-order valence-electron chi connectivity index (χ4n) is 1.22. The molecule has 0 bridgehead atoms. The predicted octanol–water partition coefficient (Wildman–Crippen LogP) is 3.66. The lowest BCUT2D eigenvalue weighted by Gasteiger charge is -1.89. The fourth-order valence-corrected chi connectivity index (χ4v) is 2.86. The normalized spacial score (nSPS) is 10.8. The molecule has 16 heavy (non-hydrogen) atoms. The van der Waals surface area contributed by atoms with Crippen molar-refractivity contribution in [3.8, 4) is 10.4 Å². The van der Waals surface area contributed by atoms with Crippen molar-refractivity contribution >= 4 is 34.7 Å². The molecule has 0 radical (unpaired) electrons. The number of methoxy groups -OCH3 is 1. The second-order valence-corrected chi connectivity index (χ2v) is 4.97. The van der Waals surface area contributed by atoms with E-state index < -0.39 is 0 Å². The van der Waals surface area contributed by atoms with Crippen molar-refractivity contribution in [2.45, 2.75) is 0 Å². The highest BCUT2D eigenvalue weighted by Gasteiger charge is 2.01. The molecule has 0 saturated heterocycles. The van der Waals surface area contributed by atoms with Gasteiger partial charge in [0.25, 0.3) is 0 Å². The second-order valence-electron chi connectivity index (χ2n) is 3.07. The third-order valence-corrected chi connectivity index (χ3v) is 3.80. The highest BCUT2D eigenvalue weighted by Crippen LogP contribution is 2.30. The smallest absolute Gasteiger partial charge is 0.330 e. The van der Waals surface area contributed by atoms with Crippen LogP contribution in [-0.2, 0) is 9.53 Å². The van der Waals surface area contributed by atoms with E-state index in [4.69, 9.17) is 0 Å². The van der Waals surface area contributed by atoms with E-state index in [2.05, 4.69) is 27.6 Å². The van der Waals surface area contributed by atoms with Gasteiger partial charge in [0.05, 0.1) is 7.11 Å². The molecule has 0 aliphatic heterocycles. The van der Waals surface area contributed by atoms with Crippen LogP contribution in [0.25, 0.3) is 16.5 Å². The molecule has 0 N–H and O–H groups in total. The molecule has 0 atom stereocenters. The van der Waals surface area contributed by atoms with Gasteiger partial charge in [-0.25, -0.2) is 4.79 Å². The maximum atomic E-state index is 10.9. The van der Waals surface area contributed by atoms with Crippen molar-refractivity contribution in [3.05, 3.63) is 39.9 Å². The zero-order chi connectivity index (χ0) is 11.4. The monoisotopic (exact) mass is 250 g/mol. The average Bonchev–Trinajstić information content (AvgIpc) is 2.95.